The van der Waals surface area contributed by atoms with Gasteiger partial charge < -0.3 is 0 Å². The lowest BCUT2D eigenvalue weighted by atomic mass is 10.1. The normalized spacial score (nSPS) is 10.0. The summed E-state index contributed by atoms with van der Waals surface area (Å²) in [6.45, 7) is 0. The van der Waals surface area contributed by atoms with Gasteiger partial charge in [0.15, 0.2) is 5.78 Å². The Labute approximate surface area is 99.5 Å². The van der Waals surface area contributed by atoms with Crippen molar-refractivity contribution in [2.45, 2.75) is 6.42 Å². The van der Waals surface area contributed by atoms with Gasteiger partial charge in [0.1, 0.15) is 4.47 Å². The highest BCUT2D eigenvalue weighted by Gasteiger charge is 2.18. The van der Waals surface area contributed by atoms with Gasteiger partial charge in [0.2, 0.25) is 0 Å². The number of nitro benzene ring substituents is 1. The van der Waals surface area contributed by atoms with Crippen molar-refractivity contribution in [3.05, 3.63) is 38.3 Å². The maximum absolute atomic E-state index is 11.5. The van der Waals surface area contributed by atoms with Crippen LogP contribution in [-0.4, -0.2) is 16.6 Å². The van der Waals surface area contributed by atoms with Crippen LogP contribution in [0.2, 0.25) is 0 Å². The number of carbonyl (C=O) groups excluding carboxylic acids is 1. The lowest BCUT2D eigenvalue weighted by molar-refractivity contribution is -0.385. The SMILES string of the molecule is O=C(CCCl)c1cccc([N+](=O)[O-])c1Br. The van der Waals surface area contributed by atoms with Crippen LogP contribution >= 0.6 is 27.5 Å². The molecule has 80 valence electrons. The van der Waals surface area contributed by atoms with E-state index >= 15 is 0 Å². The maximum Gasteiger partial charge on any atom is 0.284 e. The summed E-state index contributed by atoms with van der Waals surface area (Å²) in [6, 6.07) is 4.35. The van der Waals surface area contributed by atoms with E-state index in [1.807, 2.05) is 0 Å². The molecule has 0 N–H and O–H groups in total. The minimum atomic E-state index is -0.540. The van der Waals surface area contributed by atoms with E-state index in [-0.39, 0.29) is 28.2 Å². The number of ketones is 1. The van der Waals surface area contributed by atoms with E-state index in [0.717, 1.165) is 0 Å². The van der Waals surface area contributed by atoms with E-state index < -0.39 is 4.92 Å². The third-order valence-corrected chi connectivity index (χ3v) is 2.82. The van der Waals surface area contributed by atoms with Gasteiger partial charge in [-0.25, -0.2) is 0 Å². The molecule has 0 aromatic heterocycles. The van der Waals surface area contributed by atoms with Crippen molar-refractivity contribution in [3.63, 3.8) is 0 Å². The number of benzene rings is 1. The second-order valence-electron chi connectivity index (χ2n) is 2.76. The average molecular weight is 293 g/mol. The minimum absolute atomic E-state index is 0.115. The van der Waals surface area contributed by atoms with E-state index in [2.05, 4.69) is 15.9 Å². The van der Waals surface area contributed by atoms with Crippen molar-refractivity contribution in [1.82, 2.24) is 0 Å². The van der Waals surface area contributed by atoms with Gasteiger partial charge in [0.05, 0.1) is 4.92 Å². The molecular formula is C9H7BrClNO3. The molecule has 0 amide bonds. The third-order valence-electron chi connectivity index (χ3n) is 1.80. The minimum Gasteiger partial charge on any atom is -0.294 e. The Morgan fingerprint density at radius 1 is 1.53 bits per heavy atom. The molecule has 0 radical (unpaired) electrons. The first-order valence-corrected chi connectivity index (χ1v) is 5.42. The van der Waals surface area contributed by atoms with Crippen LogP contribution in [0.5, 0.6) is 0 Å². The molecule has 0 spiro atoms. The van der Waals surface area contributed by atoms with Crippen LogP contribution in [0.4, 0.5) is 5.69 Å². The zero-order valence-electron chi connectivity index (χ0n) is 7.57. The smallest absolute Gasteiger partial charge is 0.284 e. The number of nitrogens with zero attached hydrogens (tertiary/aromatic N) is 1. The highest BCUT2D eigenvalue weighted by Crippen LogP contribution is 2.28. The summed E-state index contributed by atoms with van der Waals surface area (Å²) < 4.78 is 0.213. The molecule has 1 aromatic rings. The molecule has 0 heterocycles. The molecular weight excluding hydrogens is 285 g/mol. The second kappa shape index (κ2) is 5.23. The average Bonchev–Trinajstić information content (AvgIpc) is 2.17. The quantitative estimate of drug-likeness (QED) is 0.371. The van der Waals surface area contributed by atoms with Crippen LogP contribution in [0.15, 0.2) is 22.7 Å². The van der Waals surface area contributed by atoms with Crippen molar-refractivity contribution >= 4 is 39.0 Å². The van der Waals surface area contributed by atoms with Gasteiger partial charge in [-0.2, -0.15) is 0 Å². The van der Waals surface area contributed by atoms with Crippen LogP contribution in [-0.2, 0) is 0 Å². The first kappa shape index (κ1) is 12.1. The predicted octanol–water partition coefficient (Wildman–Crippen LogP) is 3.17. The lowest BCUT2D eigenvalue weighted by Crippen LogP contribution is -2.02. The zero-order chi connectivity index (χ0) is 11.4. The van der Waals surface area contributed by atoms with Gasteiger partial charge in [-0.15, -0.1) is 11.6 Å². The number of nitro groups is 1. The molecule has 0 aliphatic rings. The molecule has 0 unspecified atom stereocenters. The van der Waals surface area contributed by atoms with E-state index in [0.29, 0.717) is 5.56 Å². The molecule has 0 fully saturated rings. The van der Waals surface area contributed by atoms with Crippen molar-refractivity contribution in [2.24, 2.45) is 0 Å². The van der Waals surface area contributed by atoms with Gasteiger partial charge in [0.25, 0.3) is 5.69 Å². The Bertz CT molecular complexity index is 408. The molecule has 4 nitrogen and oxygen atoms in total. The zero-order valence-corrected chi connectivity index (χ0v) is 9.92. The third kappa shape index (κ3) is 2.76. The summed E-state index contributed by atoms with van der Waals surface area (Å²) in [7, 11) is 0. The highest BCUT2D eigenvalue weighted by atomic mass is 79.9. The summed E-state index contributed by atoms with van der Waals surface area (Å²) in [6.07, 6.45) is 0.168. The van der Waals surface area contributed by atoms with Crippen LogP contribution in [0.1, 0.15) is 16.8 Å². The monoisotopic (exact) mass is 291 g/mol. The standard InChI is InChI=1S/C9H7BrClNO3/c10-9-6(8(13)4-5-11)2-1-3-7(9)12(14)15/h1-3H,4-5H2. The number of alkyl halides is 1. The number of Topliss-reactive ketones (excluding diaryl/α,β-unsaturated/α-hetero) is 1. The molecule has 15 heavy (non-hydrogen) atoms. The Hall–Kier alpha value is -0.940. The largest absolute Gasteiger partial charge is 0.294 e. The van der Waals surface area contributed by atoms with Crippen molar-refractivity contribution in [3.8, 4) is 0 Å². The maximum atomic E-state index is 11.5. The fraction of sp³-hybridized carbons (Fsp3) is 0.222. The molecule has 0 saturated carbocycles. The van der Waals surface area contributed by atoms with E-state index in [1.54, 1.807) is 0 Å². The van der Waals surface area contributed by atoms with E-state index in [4.69, 9.17) is 11.6 Å². The van der Waals surface area contributed by atoms with Crippen molar-refractivity contribution < 1.29 is 9.72 Å². The van der Waals surface area contributed by atoms with Crippen molar-refractivity contribution in [1.29, 1.82) is 0 Å². The van der Waals surface area contributed by atoms with Crippen LogP contribution < -0.4 is 0 Å². The molecule has 1 rings (SSSR count). The molecule has 0 bridgehead atoms. The van der Waals surface area contributed by atoms with E-state index in [1.165, 1.54) is 18.2 Å². The molecule has 1 aromatic carbocycles. The molecule has 0 aliphatic heterocycles. The number of hydrogen-bond donors (Lipinski definition) is 0. The summed E-state index contributed by atoms with van der Waals surface area (Å²) >= 11 is 8.48. The Morgan fingerprint density at radius 2 is 2.20 bits per heavy atom. The van der Waals surface area contributed by atoms with Crippen LogP contribution in [0, 0.1) is 10.1 Å². The molecule has 0 atom stereocenters. The first-order valence-electron chi connectivity index (χ1n) is 4.10. The van der Waals surface area contributed by atoms with Crippen LogP contribution in [0.25, 0.3) is 0 Å². The Morgan fingerprint density at radius 3 is 2.73 bits per heavy atom. The fourth-order valence-electron chi connectivity index (χ4n) is 1.10. The van der Waals surface area contributed by atoms with Gasteiger partial charge in [0, 0.05) is 23.9 Å². The first-order chi connectivity index (χ1) is 7.07. The molecule has 0 saturated heterocycles. The van der Waals surface area contributed by atoms with Gasteiger partial charge in [-0.05, 0) is 22.0 Å². The second-order valence-corrected chi connectivity index (χ2v) is 3.93. The van der Waals surface area contributed by atoms with E-state index in [9.17, 15) is 14.9 Å². The number of rotatable bonds is 4. The summed E-state index contributed by atoms with van der Waals surface area (Å²) in [5.41, 5.74) is 0.181. The van der Waals surface area contributed by atoms with Gasteiger partial charge in [-0.3, -0.25) is 14.9 Å². The molecule has 6 heteroatoms. The summed E-state index contributed by atoms with van der Waals surface area (Å²) in [5, 5.41) is 10.6. The summed E-state index contributed by atoms with van der Waals surface area (Å²) in [5.74, 6) is -0.00545. The number of halogens is 2. The highest BCUT2D eigenvalue weighted by molar-refractivity contribution is 9.10. The van der Waals surface area contributed by atoms with Crippen molar-refractivity contribution in [2.75, 3.05) is 5.88 Å². The number of carbonyl (C=O) groups is 1. The molecule has 0 aliphatic carbocycles. The van der Waals surface area contributed by atoms with Gasteiger partial charge >= 0.3 is 0 Å². The lowest BCUT2D eigenvalue weighted by Gasteiger charge is -2.02. The summed E-state index contributed by atoms with van der Waals surface area (Å²) in [4.78, 5) is 21.6. The fourth-order valence-corrected chi connectivity index (χ4v) is 1.90. The topological polar surface area (TPSA) is 60.2 Å². The number of hydrogen-bond acceptors (Lipinski definition) is 3. The Kier molecular flexibility index (Phi) is 4.23. The Balaban J connectivity index is 3.15. The predicted molar refractivity (Wildman–Crippen MR) is 60.5 cm³/mol. The van der Waals surface area contributed by atoms with Crippen LogP contribution in [0.3, 0.4) is 0 Å². The van der Waals surface area contributed by atoms with Gasteiger partial charge in [-0.1, -0.05) is 6.07 Å².